The van der Waals surface area contributed by atoms with Crippen molar-refractivity contribution in [3.05, 3.63) is 12.2 Å². The van der Waals surface area contributed by atoms with Crippen LogP contribution in [0.3, 0.4) is 0 Å². The predicted octanol–water partition coefficient (Wildman–Crippen LogP) is 2.15. The second kappa shape index (κ2) is 7.76. The third-order valence-corrected chi connectivity index (χ3v) is 3.52. The van der Waals surface area contributed by atoms with Crippen LogP contribution in [0.15, 0.2) is 12.2 Å². The quantitative estimate of drug-likeness (QED) is 0.282. The second-order valence-corrected chi connectivity index (χ2v) is 5.41. The van der Waals surface area contributed by atoms with Crippen LogP contribution in [-0.4, -0.2) is 28.2 Å². The molecule has 81 valence electrons. The summed E-state index contributed by atoms with van der Waals surface area (Å²) in [7, 11) is -0.672. The van der Waals surface area contributed by atoms with Crippen LogP contribution in [0.5, 0.6) is 0 Å². The number of carbonyl (C=O) groups excluding carboxylic acids is 1. The molecule has 0 aliphatic carbocycles. The van der Waals surface area contributed by atoms with Crippen molar-refractivity contribution < 1.29 is 14.0 Å². The van der Waals surface area contributed by atoms with E-state index < -0.39 is 9.04 Å². The monoisotopic (exact) mass is 215 g/mol. The molecule has 14 heavy (non-hydrogen) atoms. The average Bonchev–Trinajstić information content (AvgIpc) is 2.12. The van der Waals surface area contributed by atoms with E-state index in [2.05, 4.69) is 20.0 Å². The lowest BCUT2D eigenvalue weighted by Gasteiger charge is -2.09. The summed E-state index contributed by atoms with van der Waals surface area (Å²) >= 11 is 0. The van der Waals surface area contributed by atoms with E-state index in [0.717, 1.165) is 12.5 Å². The first-order chi connectivity index (χ1) is 6.57. The van der Waals surface area contributed by atoms with E-state index in [1.807, 2.05) is 0 Å². The Morgan fingerprint density at radius 2 is 2.07 bits per heavy atom. The fourth-order valence-electron chi connectivity index (χ4n) is 0.898. The lowest BCUT2D eigenvalue weighted by Crippen LogP contribution is -2.18. The summed E-state index contributed by atoms with van der Waals surface area (Å²) < 4.78 is 10.4. The van der Waals surface area contributed by atoms with Crippen LogP contribution in [0.2, 0.25) is 12.6 Å². The van der Waals surface area contributed by atoms with Crippen molar-refractivity contribution >= 4 is 15.0 Å². The zero-order valence-corrected chi connectivity index (χ0v) is 10.3. The lowest BCUT2D eigenvalue weighted by molar-refractivity contribution is -0.139. The first-order valence-electron chi connectivity index (χ1n) is 4.85. The van der Waals surface area contributed by atoms with Crippen LogP contribution in [0, 0.1) is 0 Å². The Balaban J connectivity index is 3.37. The van der Waals surface area contributed by atoms with Gasteiger partial charge in [0, 0.05) is 5.57 Å². The van der Waals surface area contributed by atoms with E-state index in [0.29, 0.717) is 18.8 Å². The van der Waals surface area contributed by atoms with Crippen molar-refractivity contribution in [2.75, 3.05) is 13.2 Å². The lowest BCUT2D eigenvalue weighted by atomic mass is 10.4. The minimum absolute atomic E-state index is 0.331. The van der Waals surface area contributed by atoms with Crippen LogP contribution in [0.1, 0.15) is 20.3 Å². The molecule has 0 atom stereocenters. The van der Waals surface area contributed by atoms with Gasteiger partial charge in [-0.2, -0.15) is 0 Å². The van der Waals surface area contributed by atoms with Gasteiger partial charge < -0.3 is 9.16 Å². The number of hydrogen-bond acceptors (Lipinski definition) is 3. The minimum atomic E-state index is -0.672. The maximum atomic E-state index is 10.9. The summed E-state index contributed by atoms with van der Waals surface area (Å²) in [5, 5.41) is 0. The van der Waals surface area contributed by atoms with Gasteiger partial charge in [-0.25, -0.2) is 4.79 Å². The Kier molecular flexibility index (Phi) is 7.42. The van der Waals surface area contributed by atoms with Gasteiger partial charge in [0.1, 0.15) is 6.61 Å². The van der Waals surface area contributed by atoms with E-state index in [1.54, 1.807) is 6.92 Å². The molecule has 0 saturated heterocycles. The standard InChI is InChI=1S/C10H19O3Si/c1-5-8-14(4)13-7-6-12-10(11)9(2)3/h2,5-8H2,1,3-4H3. The van der Waals surface area contributed by atoms with Crippen LogP contribution < -0.4 is 0 Å². The fraction of sp³-hybridized carbons (Fsp3) is 0.700. The molecule has 0 rings (SSSR count). The van der Waals surface area contributed by atoms with Crippen LogP contribution in [0.4, 0.5) is 0 Å². The third kappa shape index (κ3) is 6.86. The van der Waals surface area contributed by atoms with Gasteiger partial charge in [-0.3, -0.25) is 0 Å². The largest absolute Gasteiger partial charge is 0.460 e. The maximum Gasteiger partial charge on any atom is 0.333 e. The smallest absolute Gasteiger partial charge is 0.333 e. The molecule has 0 heterocycles. The predicted molar refractivity (Wildman–Crippen MR) is 58.4 cm³/mol. The van der Waals surface area contributed by atoms with Crippen molar-refractivity contribution in [2.24, 2.45) is 0 Å². The van der Waals surface area contributed by atoms with Gasteiger partial charge in [0.25, 0.3) is 0 Å². The number of carbonyl (C=O) groups is 1. The molecule has 1 radical (unpaired) electrons. The van der Waals surface area contributed by atoms with Crippen LogP contribution >= 0.6 is 0 Å². The molecule has 0 aromatic carbocycles. The third-order valence-electron chi connectivity index (χ3n) is 1.62. The van der Waals surface area contributed by atoms with E-state index in [4.69, 9.17) is 9.16 Å². The summed E-state index contributed by atoms with van der Waals surface area (Å²) in [5.41, 5.74) is 0.431. The molecule has 0 saturated carbocycles. The summed E-state index contributed by atoms with van der Waals surface area (Å²) in [6, 6.07) is 1.14. The number of rotatable bonds is 7. The number of ether oxygens (including phenoxy) is 1. The van der Waals surface area contributed by atoms with E-state index in [-0.39, 0.29) is 5.97 Å². The molecule has 0 N–H and O–H groups in total. The molecule has 4 heteroatoms. The minimum Gasteiger partial charge on any atom is -0.460 e. The Hall–Kier alpha value is -0.613. The van der Waals surface area contributed by atoms with Crippen LogP contribution in [0.25, 0.3) is 0 Å². The first-order valence-corrected chi connectivity index (χ1v) is 6.97. The number of hydrogen-bond donors (Lipinski definition) is 0. The van der Waals surface area contributed by atoms with Gasteiger partial charge in [0.15, 0.2) is 0 Å². The molecule has 0 bridgehead atoms. The molecule has 0 amide bonds. The molecule has 0 aliphatic rings. The Morgan fingerprint density at radius 1 is 1.43 bits per heavy atom. The molecule has 0 aliphatic heterocycles. The Labute approximate surface area is 87.8 Å². The van der Waals surface area contributed by atoms with E-state index in [9.17, 15) is 4.79 Å². The van der Waals surface area contributed by atoms with E-state index in [1.165, 1.54) is 0 Å². The zero-order valence-electron chi connectivity index (χ0n) is 9.26. The van der Waals surface area contributed by atoms with E-state index >= 15 is 0 Å². The summed E-state index contributed by atoms with van der Waals surface area (Å²) in [6.45, 7) is 10.2. The SMILES string of the molecule is C=C(C)C(=O)OCCO[Si](C)CCC. The van der Waals surface area contributed by atoms with Gasteiger partial charge >= 0.3 is 5.97 Å². The fourth-order valence-corrected chi connectivity index (χ4v) is 2.18. The highest BCUT2D eigenvalue weighted by atomic mass is 28.3. The summed E-state index contributed by atoms with van der Waals surface area (Å²) in [6.07, 6.45) is 1.15. The molecule has 3 nitrogen and oxygen atoms in total. The van der Waals surface area contributed by atoms with Crippen molar-refractivity contribution in [3.8, 4) is 0 Å². The van der Waals surface area contributed by atoms with Crippen molar-refractivity contribution in [1.82, 2.24) is 0 Å². The molecule has 0 fully saturated rings. The summed E-state index contributed by atoms with van der Waals surface area (Å²) in [4.78, 5) is 10.9. The second-order valence-electron chi connectivity index (χ2n) is 3.22. The molecule has 0 aromatic rings. The Morgan fingerprint density at radius 3 is 2.57 bits per heavy atom. The molecule has 0 aromatic heterocycles. The maximum absolute atomic E-state index is 10.9. The summed E-state index contributed by atoms with van der Waals surface area (Å²) in [5.74, 6) is -0.339. The Bertz CT molecular complexity index is 192. The highest BCUT2D eigenvalue weighted by Gasteiger charge is 2.05. The van der Waals surface area contributed by atoms with Gasteiger partial charge in [0.2, 0.25) is 9.04 Å². The number of esters is 1. The zero-order chi connectivity index (χ0) is 11.0. The molecule has 0 spiro atoms. The first kappa shape index (κ1) is 13.4. The van der Waals surface area contributed by atoms with Gasteiger partial charge in [-0.05, 0) is 19.5 Å². The molecular formula is C10H19O3Si. The molecular weight excluding hydrogens is 196 g/mol. The highest BCUT2D eigenvalue weighted by molar-refractivity contribution is 6.50. The average molecular weight is 215 g/mol. The van der Waals surface area contributed by atoms with Crippen LogP contribution in [-0.2, 0) is 14.0 Å². The van der Waals surface area contributed by atoms with Gasteiger partial charge in [0.05, 0.1) is 6.61 Å². The van der Waals surface area contributed by atoms with Crippen molar-refractivity contribution in [2.45, 2.75) is 32.9 Å². The van der Waals surface area contributed by atoms with Gasteiger partial charge in [-0.15, -0.1) is 0 Å². The topological polar surface area (TPSA) is 35.5 Å². The molecule has 0 unspecified atom stereocenters. The highest BCUT2D eigenvalue weighted by Crippen LogP contribution is 1.98. The van der Waals surface area contributed by atoms with Crippen molar-refractivity contribution in [1.29, 1.82) is 0 Å². The van der Waals surface area contributed by atoms with Crippen molar-refractivity contribution in [3.63, 3.8) is 0 Å². The van der Waals surface area contributed by atoms with Gasteiger partial charge in [-0.1, -0.05) is 19.9 Å². The normalized spacial score (nSPS) is 10.3.